The maximum Gasteiger partial charge on any atom is 0.338 e. The molecule has 7 heteroatoms. The summed E-state index contributed by atoms with van der Waals surface area (Å²) in [4.78, 5) is 42.9. The number of nitrogens with zero attached hydrogens (tertiary/aromatic N) is 1. The van der Waals surface area contributed by atoms with Gasteiger partial charge in [0.25, 0.3) is 0 Å². The Morgan fingerprint density at radius 3 is 2.19 bits per heavy atom. The number of esters is 1. The monoisotopic (exact) mass is 421 g/mol. The highest BCUT2D eigenvalue weighted by atomic mass is 16.5. The van der Waals surface area contributed by atoms with Crippen molar-refractivity contribution in [3.8, 4) is 11.5 Å². The Balaban J connectivity index is 2.04. The zero-order valence-electron chi connectivity index (χ0n) is 17.8. The summed E-state index contributed by atoms with van der Waals surface area (Å²) >= 11 is 0. The highest BCUT2D eigenvalue weighted by molar-refractivity contribution is 6.27. The van der Waals surface area contributed by atoms with E-state index in [1.807, 2.05) is 19.9 Å². The molecule has 1 heterocycles. The van der Waals surface area contributed by atoms with Crippen molar-refractivity contribution in [1.82, 2.24) is 4.98 Å². The van der Waals surface area contributed by atoms with E-state index < -0.39 is 23.6 Å². The fourth-order valence-electron chi connectivity index (χ4n) is 3.30. The number of Topliss-reactive ketones (excluding diaryl/α,β-unsaturated/α-hetero) is 1. The zero-order valence-corrected chi connectivity index (χ0v) is 17.8. The Morgan fingerprint density at radius 2 is 1.61 bits per heavy atom. The molecule has 1 aromatic heterocycles. The molecule has 1 atom stereocenters. The summed E-state index contributed by atoms with van der Waals surface area (Å²) in [5.74, 6) is -0.943. The van der Waals surface area contributed by atoms with Crippen LogP contribution in [0.4, 0.5) is 0 Å². The predicted molar refractivity (Wildman–Crippen MR) is 114 cm³/mol. The van der Waals surface area contributed by atoms with E-state index in [9.17, 15) is 14.4 Å². The van der Waals surface area contributed by atoms with E-state index in [1.165, 1.54) is 44.8 Å². The second kappa shape index (κ2) is 9.38. The molecule has 0 bridgehead atoms. The fourth-order valence-corrected chi connectivity index (χ4v) is 3.30. The summed E-state index contributed by atoms with van der Waals surface area (Å²) in [5.41, 5.74) is 1.61. The van der Waals surface area contributed by atoms with Crippen LogP contribution in [0, 0.1) is 0 Å². The van der Waals surface area contributed by atoms with Crippen LogP contribution in [-0.2, 0) is 4.74 Å². The Labute approximate surface area is 180 Å². The molecule has 0 amide bonds. The number of hydrogen-bond donors (Lipinski definition) is 0. The summed E-state index contributed by atoms with van der Waals surface area (Å²) < 4.78 is 16.3. The van der Waals surface area contributed by atoms with Crippen LogP contribution >= 0.6 is 0 Å². The first-order valence-electron chi connectivity index (χ1n) is 9.67. The van der Waals surface area contributed by atoms with Gasteiger partial charge in [-0.2, -0.15) is 0 Å². The maximum atomic E-state index is 13.4. The highest BCUT2D eigenvalue weighted by Crippen LogP contribution is 2.37. The van der Waals surface area contributed by atoms with Gasteiger partial charge in [0.05, 0.1) is 30.9 Å². The number of carbonyl (C=O) groups excluding carboxylic acids is 3. The van der Waals surface area contributed by atoms with Crippen LogP contribution in [0.1, 0.15) is 51.3 Å². The van der Waals surface area contributed by atoms with Crippen molar-refractivity contribution in [2.45, 2.75) is 26.4 Å². The Morgan fingerprint density at radius 1 is 1.00 bits per heavy atom. The van der Waals surface area contributed by atoms with Gasteiger partial charge in [0.15, 0.2) is 11.6 Å². The van der Waals surface area contributed by atoms with E-state index in [0.717, 1.165) is 5.57 Å². The molecule has 0 aliphatic heterocycles. The summed E-state index contributed by atoms with van der Waals surface area (Å²) in [5, 5.41) is 0. The van der Waals surface area contributed by atoms with Crippen molar-refractivity contribution < 1.29 is 28.6 Å². The number of benzene rings is 1. The lowest BCUT2D eigenvalue weighted by Gasteiger charge is -2.24. The Bertz CT molecular complexity index is 1080. The van der Waals surface area contributed by atoms with Crippen LogP contribution in [0.5, 0.6) is 11.5 Å². The van der Waals surface area contributed by atoms with Gasteiger partial charge in [-0.3, -0.25) is 14.6 Å². The van der Waals surface area contributed by atoms with Crippen LogP contribution in [-0.4, -0.2) is 42.8 Å². The third-order valence-electron chi connectivity index (χ3n) is 4.84. The molecule has 7 nitrogen and oxygen atoms in total. The maximum absolute atomic E-state index is 13.4. The minimum Gasteiger partial charge on any atom is -0.496 e. The van der Waals surface area contributed by atoms with E-state index >= 15 is 0 Å². The van der Waals surface area contributed by atoms with E-state index in [1.54, 1.807) is 12.1 Å². The lowest BCUT2D eigenvalue weighted by atomic mass is 9.85. The number of methoxy groups -OCH3 is 2. The van der Waals surface area contributed by atoms with Gasteiger partial charge in [0.1, 0.15) is 17.6 Å². The van der Waals surface area contributed by atoms with Crippen molar-refractivity contribution in [3.63, 3.8) is 0 Å². The SMILES string of the molecule is COc1ccc(OC)c2c1C(=O)C=C([C@@H](CC=C(C)C)OC(=O)c1ccncc1)C2=O. The first kappa shape index (κ1) is 22.0. The average molecular weight is 421 g/mol. The van der Waals surface area contributed by atoms with E-state index in [-0.39, 0.29) is 34.6 Å². The fraction of sp³-hybridized carbons (Fsp3) is 0.250. The van der Waals surface area contributed by atoms with Crippen molar-refractivity contribution in [2.24, 2.45) is 0 Å². The second-order valence-corrected chi connectivity index (χ2v) is 7.16. The van der Waals surface area contributed by atoms with Crippen LogP contribution in [0.25, 0.3) is 0 Å². The topological polar surface area (TPSA) is 91.8 Å². The smallest absolute Gasteiger partial charge is 0.338 e. The number of fused-ring (bicyclic) bond motifs is 1. The average Bonchev–Trinajstić information content (AvgIpc) is 2.78. The molecule has 160 valence electrons. The molecule has 31 heavy (non-hydrogen) atoms. The molecule has 1 aliphatic rings. The third-order valence-corrected chi connectivity index (χ3v) is 4.84. The van der Waals surface area contributed by atoms with Crippen LogP contribution in [0.2, 0.25) is 0 Å². The van der Waals surface area contributed by atoms with Gasteiger partial charge in [0.2, 0.25) is 0 Å². The van der Waals surface area contributed by atoms with E-state index in [2.05, 4.69) is 4.98 Å². The number of allylic oxidation sites excluding steroid dienone is 2. The number of carbonyl (C=O) groups is 3. The predicted octanol–water partition coefficient (Wildman–Crippen LogP) is 3.99. The molecule has 0 radical (unpaired) electrons. The summed E-state index contributed by atoms with van der Waals surface area (Å²) in [6.07, 6.45) is 5.31. The number of ether oxygens (including phenoxy) is 3. The molecule has 1 aromatic carbocycles. The van der Waals surface area contributed by atoms with Gasteiger partial charge in [-0.15, -0.1) is 0 Å². The van der Waals surface area contributed by atoms with Gasteiger partial charge in [0, 0.05) is 24.4 Å². The minimum absolute atomic E-state index is 0.0870. The van der Waals surface area contributed by atoms with Crippen molar-refractivity contribution in [3.05, 3.63) is 76.6 Å². The molecule has 3 rings (SSSR count). The summed E-state index contributed by atoms with van der Waals surface area (Å²) in [6, 6.07) is 6.18. The lowest BCUT2D eigenvalue weighted by Crippen LogP contribution is -2.29. The number of hydrogen-bond acceptors (Lipinski definition) is 7. The molecular weight excluding hydrogens is 398 g/mol. The molecule has 0 N–H and O–H groups in total. The number of ketones is 2. The van der Waals surface area contributed by atoms with Gasteiger partial charge in [-0.1, -0.05) is 11.6 Å². The highest BCUT2D eigenvalue weighted by Gasteiger charge is 2.36. The van der Waals surface area contributed by atoms with Gasteiger partial charge < -0.3 is 14.2 Å². The molecular formula is C24H23NO6. The first-order valence-corrected chi connectivity index (χ1v) is 9.67. The van der Waals surface area contributed by atoms with Crippen LogP contribution < -0.4 is 9.47 Å². The second-order valence-electron chi connectivity index (χ2n) is 7.16. The molecule has 1 aliphatic carbocycles. The summed E-state index contributed by atoms with van der Waals surface area (Å²) in [6.45, 7) is 3.79. The molecule has 2 aromatic rings. The minimum atomic E-state index is -0.948. The quantitative estimate of drug-likeness (QED) is 0.493. The van der Waals surface area contributed by atoms with Gasteiger partial charge in [-0.05, 0) is 44.2 Å². The summed E-state index contributed by atoms with van der Waals surface area (Å²) in [7, 11) is 2.84. The first-order chi connectivity index (χ1) is 14.9. The van der Waals surface area contributed by atoms with E-state index in [0.29, 0.717) is 5.56 Å². The largest absolute Gasteiger partial charge is 0.496 e. The van der Waals surface area contributed by atoms with Crippen LogP contribution in [0.15, 0.2) is 60.0 Å². The molecule has 0 saturated heterocycles. The van der Waals surface area contributed by atoms with Crippen molar-refractivity contribution >= 4 is 17.5 Å². The van der Waals surface area contributed by atoms with Gasteiger partial charge >= 0.3 is 5.97 Å². The standard InChI is InChI=1S/C24H23NO6/c1-14(2)5-6-18(31-24(28)15-9-11-25-12-10-15)16-13-17(26)21-19(29-3)7-8-20(30-4)22(21)23(16)27/h5,7-13,18H,6H2,1-4H3/t18-/m1/s1. The molecule has 0 fully saturated rings. The molecule has 0 spiro atoms. The van der Waals surface area contributed by atoms with Gasteiger partial charge in [-0.25, -0.2) is 4.79 Å². The Hall–Kier alpha value is -3.74. The third kappa shape index (κ3) is 4.55. The number of aromatic nitrogens is 1. The molecule has 0 saturated carbocycles. The number of rotatable bonds is 7. The van der Waals surface area contributed by atoms with Crippen molar-refractivity contribution in [2.75, 3.05) is 14.2 Å². The van der Waals surface area contributed by atoms with Crippen molar-refractivity contribution in [1.29, 1.82) is 0 Å². The molecule has 0 unspecified atom stereocenters. The number of pyridine rings is 1. The lowest BCUT2D eigenvalue weighted by molar-refractivity contribution is 0.0372. The van der Waals surface area contributed by atoms with E-state index in [4.69, 9.17) is 14.2 Å². The van der Waals surface area contributed by atoms with Crippen LogP contribution in [0.3, 0.4) is 0 Å². The Kier molecular flexibility index (Phi) is 6.65. The zero-order chi connectivity index (χ0) is 22.5. The normalized spacial score (nSPS) is 13.6.